The number of hydrogen-bond acceptors (Lipinski definition) is 1. The lowest BCUT2D eigenvalue weighted by Crippen LogP contribution is -2.32. The fourth-order valence-corrected chi connectivity index (χ4v) is 2.80. The van der Waals surface area contributed by atoms with Crippen LogP contribution in [0.25, 0.3) is 0 Å². The Hall–Kier alpha value is -2.38. The van der Waals surface area contributed by atoms with Gasteiger partial charge in [0.05, 0.1) is 5.92 Å². The molecule has 0 amide bonds. The molecule has 1 atom stereocenters. The Kier molecular flexibility index (Phi) is 4.67. The lowest BCUT2D eigenvalue weighted by Gasteiger charge is -2.24. The monoisotopic (exact) mass is 286 g/mol. The van der Waals surface area contributed by atoms with Gasteiger partial charge in [-0.3, -0.25) is 0 Å². The van der Waals surface area contributed by atoms with Crippen molar-refractivity contribution < 1.29 is 0 Å². The van der Waals surface area contributed by atoms with Gasteiger partial charge in [-0.25, -0.2) is 0 Å². The minimum atomic E-state index is -0.0350. The van der Waals surface area contributed by atoms with Crippen molar-refractivity contribution in [3.63, 3.8) is 0 Å². The Bertz CT molecular complexity index is 637. The molecule has 3 aromatic rings. The molecular weight excluding hydrogens is 266 g/mol. The summed E-state index contributed by atoms with van der Waals surface area (Å²) in [6, 6.07) is 31.2. The van der Waals surface area contributed by atoms with E-state index in [2.05, 4.69) is 72.8 Å². The molecule has 0 bridgehead atoms. The summed E-state index contributed by atoms with van der Waals surface area (Å²) in [5, 5.41) is 0. The molecule has 0 aliphatic heterocycles. The van der Waals surface area contributed by atoms with Gasteiger partial charge < -0.3 is 5.73 Å². The summed E-state index contributed by atoms with van der Waals surface area (Å²) in [6.45, 7) is 0. The summed E-state index contributed by atoms with van der Waals surface area (Å²) in [4.78, 5) is 0. The van der Waals surface area contributed by atoms with Crippen LogP contribution in [0.1, 0.15) is 16.7 Å². The topological polar surface area (TPSA) is 26.0 Å². The van der Waals surface area contributed by atoms with Crippen LogP contribution in [0.15, 0.2) is 91.0 Å². The van der Waals surface area contributed by atoms with Gasteiger partial charge in [-0.05, 0) is 23.1 Å². The van der Waals surface area contributed by atoms with Crippen molar-refractivity contribution in [3.05, 3.63) is 114 Å². The number of rotatable bonds is 5. The Balaban J connectivity index is 1.92. The second kappa shape index (κ2) is 7.06. The van der Waals surface area contributed by atoms with Gasteiger partial charge in [0.2, 0.25) is 0 Å². The van der Waals surface area contributed by atoms with E-state index < -0.39 is 0 Å². The van der Waals surface area contributed by atoms with Crippen LogP contribution in [-0.2, 0) is 6.42 Å². The van der Waals surface area contributed by atoms with Crippen LogP contribution in [0.3, 0.4) is 0 Å². The van der Waals surface area contributed by atoms with Crippen LogP contribution >= 0.6 is 0 Å². The van der Waals surface area contributed by atoms with Crippen LogP contribution in [0, 0.1) is 5.92 Å². The standard InChI is InChI=1S/C21H20N/c22-20(16-17-10-4-1-5-11-17)21(18-12-6-2-7-13-18)19-14-8-3-9-15-19/h1-15,20H,16,22H2/t20-/m1/s1. The van der Waals surface area contributed by atoms with Gasteiger partial charge in [0.25, 0.3) is 0 Å². The molecule has 22 heavy (non-hydrogen) atoms. The number of hydrogen-bond donors (Lipinski definition) is 1. The first-order valence-corrected chi connectivity index (χ1v) is 7.62. The quantitative estimate of drug-likeness (QED) is 0.746. The second-order valence-electron chi connectivity index (χ2n) is 5.44. The van der Waals surface area contributed by atoms with Gasteiger partial charge in [0.15, 0.2) is 0 Å². The first-order valence-electron chi connectivity index (χ1n) is 7.62. The molecule has 109 valence electrons. The van der Waals surface area contributed by atoms with Gasteiger partial charge in [0.1, 0.15) is 0 Å². The van der Waals surface area contributed by atoms with Gasteiger partial charge in [-0.1, -0.05) is 91.0 Å². The van der Waals surface area contributed by atoms with Crippen LogP contribution in [0.2, 0.25) is 0 Å². The molecule has 0 saturated carbocycles. The number of benzene rings is 3. The predicted molar refractivity (Wildman–Crippen MR) is 92.5 cm³/mol. The molecule has 1 radical (unpaired) electrons. The maximum Gasteiger partial charge on any atom is 0.0508 e. The maximum atomic E-state index is 6.58. The van der Waals surface area contributed by atoms with E-state index in [1.807, 2.05) is 18.2 Å². The van der Waals surface area contributed by atoms with Crippen molar-refractivity contribution in [2.75, 3.05) is 0 Å². The van der Waals surface area contributed by atoms with Crippen LogP contribution in [0.4, 0.5) is 0 Å². The first kappa shape index (κ1) is 14.6. The van der Waals surface area contributed by atoms with Gasteiger partial charge in [-0.2, -0.15) is 0 Å². The lowest BCUT2D eigenvalue weighted by molar-refractivity contribution is 0.716. The largest absolute Gasteiger partial charge is 0.326 e. The van der Waals surface area contributed by atoms with Crippen molar-refractivity contribution in [2.45, 2.75) is 12.5 Å². The fourth-order valence-electron chi connectivity index (χ4n) is 2.80. The van der Waals surface area contributed by atoms with Crippen LogP contribution < -0.4 is 5.73 Å². The minimum Gasteiger partial charge on any atom is -0.326 e. The van der Waals surface area contributed by atoms with Crippen molar-refractivity contribution in [3.8, 4) is 0 Å². The highest BCUT2D eigenvalue weighted by Crippen LogP contribution is 2.27. The lowest BCUT2D eigenvalue weighted by atomic mass is 9.83. The summed E-state index contributed by atoms with van der Waals surface area (Å²) in [7, 11) is 0. The molecule has 0 aromatic heterocycles. The van der Waals surface area contributed by atoms with Crippen LogP contribution in [0.5, 0.6) is 0 Å². The Morgan fingerprint density at radius 3 is 1.50 bits per heavy atom. The highest BCUT2D eigenvalue weighted by Gasteiger charge is 2.22. The third-order valence-corrected chi connectivity index (χ3v) is 3.84. The minimum absolute atomic E-state index is 0.0350. The van der Waals surface area contributed by atoms with Gasteiger partial charge in [-0.15, -0.1) is 0 Å². The molecule has 0 aliphatic rings. The summed E-state index contributed by atoms with van der Waals surface area (Å²) in [5.41, 5.74) is 10.2. The molecule has 3 rings (SSSR count). The van der Waals surface area contributed by atoms with E-state index in [0.717, 1.165) is 6.42 Å². The summed E-state index contributed by atoms with van der Waals surface area (Å²) in [5.74, 6) is 1.20. The van der Waals surface area contributed by atoms with E-state index >= 15 is 0 Å². The zero-order chi connectivity index (χ0) is 15.2. The molecule has 0 spiro atoms. The molecule has 3 aromatic carbocycles. The average Bonchev–Trinajstić information content (AvgIpc) is 2.58. The summed E-state index contributed by atoms with van der Waals surface area (Å²) < 4.78 is 0. The molecule has 1 nitrogen and oxygen atoms in total. The van der Waals surface area contributed by atoms with Gasteiger partial charge >= 0.3 is 0 Å². The van der Waals surface area contributed by atoms with E-state index in [0.29, 0.717) is 0 Å². The first-order chi connectivity index (χ1) is 10.8. The second-order valence-corrected chi connectivity index (χ2v) is 5.44. The summed E-state index contributed by atoms with van der Waals surface area (Å²) in [6.07, 6.45) is 0.833. The molecule has 0 saturated heterocycles. The maximum absolute atomic E-state index is 6.58. The summed E-state index contributed by atoms with van der Waals surface area (Å²) >= 11 is 0. The Morgan fingerprint density at radius 2 is 1.05 bits per heavy atom. The van der Waals surface area contributed by atoms with Crippen molar-refractivity contribution in [1.29, 1.82) is 0 Å². The van der Waals surface area contributed by atoms with Crippen molar-refractivity contribution in [1.82, 2.24) is 0 Å². The smallest absolute Gasteiger partial charge is 0.0508 e. The molecule has 0 aliphatic carbocycles. The van der Waals surface area contributed by atoms with E-state index in [1.54, 1.807) is 0 Å². The average molecular weight is 286 g/mol. The SMILES string of the molecule is N[C@H](Cc1ccccc1)[C](c1ccccc1)c1ccccc1. The van der Waals surface area contributed by atoms with E-state index in [1.165, 1.54) is 22.6 Å². The predicted octanol–water partition coefficient (Wildman–Crippen LogP) is 4.23. The molecule has 0 unspecified atom stereocenters. The Labute approximate surface area is 132 Å². The van der Waals surface area contributed by atoms with Crippen molar-refractivity contribution in [2.24, 2.45) is 5.73 Å². The van der Waals surface area contributed by atoms with E-state index in [4.69, 9.17) is 5.73 Å². The molecule has 0 heterocycles. The Morgan fingerprint density at radius 1 is 0.636 bits per heavy atom. The molecular formula is C21H20N. The highest BCUT2D eigenvalue weighted by molar-refractivity contribution is 5.48. The van der Waals surface area contributed by atoms with E-state index in [9.17, 15) is 0 Å². The zero-order valence-electron chi connectivity index (χ0n) is 12.5. The fraction of sp³-hybridized carbons (Fsp3) is 0.0952. The van der Waals surface area contributed by atoms with Crippen molar-refractivity contribution >= 4 is 0 Å². The van der Waals surface area contributed by atoms with Gasteiger partial charge in [0, 0.05) is 6.04 Å². The third-order valence-electron chi connectivity index (χ3n) is 3.84. The molecule has 2 N–H and O–H groups in total. The molecule has 0 fully saturated rings. The normalized spacial score (nSPS) is 12.3. The van der Waals surface area contributed by atoms with Crippen LogP contribution in [-0.4, -0.2) is 6.04 Å². The number of nitrogens with two attached hydrogens (primary N) is 1. The van der Waals surface area contributed by atoms with E-state index in [-0.39, 0.29) is 6.04 Å². The third kappa shape index (κ3) is 3.44. The zero-order valence-corrected chi connectivity index (χ0v) is 12.5. The highest BCUT2D eigenvalue weighted by atomic mass is 14.6. The molecule has 1 heteroatoms.